The molecule has 0 saturated carbocycles. The molecule has 1 aromatic rings. The molecule has 0 saturated heterocycles. The number of hydrogen-bond acceptors (Lipinski definition) is 1. The van der Waals surface area contributed by atoms with Crippen molar-refractivity contribution in [1.29, 1.82) is 0 Å². The third-order valence-electron chi connectivity index (χ3n) is 1.74. The lowest BCUT2D eigenvalue weighted by atomic mass is 10.0. The van der Waals surface area contributed by atoms with Crippen LogP contribution >= 0.6 is 15.9 Å². The number of nitrogens with two attached hydrogens (primary N) is 1. The first-order chi connectivity index (χ1) is 6.80. The van der Waals surface area contributed by atoms with Crippen molar-refractivity contribution >= 4 is 21.8 Å². The molecule has 0 bridgehead atoms. The maximum absolute atomic E-state index is 12.5. The molecule has 1 amide bonds. The van der Waals surface area contributed by atoms with Gasteiger partial charge in [0.1, 0.15) is 0 Å². The van der Waals surface area contributed by atoms with Crippen molar-refractivity contribution in [3.8, 4) is 0 Å². The lowest BCUT2D eigenvalue weighted by Crippen LogP contribution is -2.17. The Morgan fingerprint density at radius 3 is 2.47 bits per heavy atom. The van der Waals surface area contributed by atoms with Crippen molar-refractivity contribution in [2.24, 2.45) is 5.73 Å². The fraction of sp³-hybridized carbons (Fsp3) is 0.222. The molecule has 0 aromatic heterocycles. The van der Waals surface area contributed by atoms with Crippen LogP contribution < -0.4 is 5.73 Å². The zero-order chi connectivity index (χ0) is 11.6. The quantitative estimate of drug-likeness (QED) is 0.889. The summed E-state index contributed by atoms with van der Waals surface area (Å²) in [6.07, 6.45) is -4.89. The Labute approximate surface area is 92.4 Å². The molecule has 0 aliphatic rings. The van der Waals surface area contributed by atoms with E-state index in [1.54, 1.807) is 0 Å². The molecule has 0 unspecified atom stereocenters. The average Bonchev–Trinajstić information content (AvgIpc) is 2.05. The lowest BCUT2D eigenvalue weighted by molar-refractivity contribution is -0.138. The minimum Gasteiger partial charge on any atom is -0.369 e. The van der Waals surface area contributed by atoms with E-state index in [-0.39, 0.29) is 5.56 Å². The molecule has 0 spiro atoms. The van der Waals surface area contributed by atoms with Crippen molar-refractivity contribution in [3.63, 3.8) is 0 Å². The van der Waals surface area contributed by atoms with Crippen molar-refractivity contribution in [3.05, 3.63) is 33.8 Å². The van der Waals surface area contributed by atoms with Gasteiger partial charge in [-0.1, -0.05) is 22.0 Å². The van der Waals surface area contributed by atoms with Crippen LogP contribution in [0.5, 0.6) is 0 Å². The Kier molecular flexibility index (Phi) is 3.38. The predicted molar refractivity (Wildman–Crippen MR) is 52.0 cm³/mol. The first-order valence-electron chi connectivity index (χ1n) is 3.94. The topological polar surface area (TPSA) is 43.1 Å². The van der Waals surface area contributed by atoms with Gasteiger partial charge in [-0.15, -0.1) is 0 Å². The smallest absolute Gasteiger partial charge is 0.369 e. The van der Waals surface area contributed by atoms with Crippen LogP contribution in [0.1, 0.15) is 11.1 Å². The van der Waals surface area contributed by atoms with Crippen LogP contribution in [0.25, 0.3) is 0 Å². The maximum atomic E-state index is 12.5. The summed E-state index contributed by atoms with van der Waals surface area (Å²) in [7, 11) is 0. The van der Waals surface area contributed by atoms with Gasteiger partial charge < -0.3 is 5.73 Å². The summed E-state index contributed by atoms with van der Waals surface area (Å²) in [6, 6.07) is 3.60. The first-order valence-corrected chi connectivity index (χ1v) is 4.74. The van der Waals surface area contributed by atoms with E-state index >= 15 is 0 Å². The Balaban J connectivity index is 3.20. The standard InChI is InChI=1S/C9H7BrF3NO/c10-6-2-1-5(3-8(14)15)7(4-6)9(11,12)13/h1-2,4H,3H2,(H2,14,15). The van der Waals surface area contributed by atoms with E-state index in [4.69, 9.17) is 5.73 Å². The molecule has 0 radical (unpaired) electrons. The second-order valence-electron chi connectivity index (χ2n) is 2.94. The zero-order valence-corrected chi connectivity index (χ0v) is 9.02. The monoisotopic (exact) mass is 281 g/mol. The van der Waals surface area contributed by atoms with Crippen LogP contribution in [0.15, 0.2) is 22.7 Å². The van der Waals surface area contributed by atoms with E-state index in [1.165, 1.54) is 12.1 Å². The van der Waals surface area contributed by atoms with E-state index in [0.29, 0.717) is 4.47 Å². The first kappa shape index (κ1) is 12.0. The predicted octanol–water partition coefficient (Wildman–Crippen LogP) is 2.50. The molecule has 0 atom stereocenters. The largest absolute Gasteiger partial charge is 0.416 e. The van der Waals surface area contributed by atoms with Crippen LogP contribution in [-0.4, -0.2) is 5.91 Å². The molecule has 1 rings (SSSR count). The molecule has 0 aliphatic heterocycles. The summed E-state index contributed by atoms with van der Waals surface area (Å²) in [5.74, 6) is -0.789. The number of carbonyl (C=O) groups is 1. The zero-order valence-electron chi connectivity index (χ0n) is 7.44. The normalized spacial score (nSPS) is 11.5. The summed E-state index contributed by atoms with van der Waals surface area (Å²) < 4.78 is 37.8. The van der Waals surface area contributed by atoms with Gasteiger partial charge in [-0.05, 0) is 17.7 Å². The van der Waals surface area contributed by atoms with Crippen LogP contribution in [0.2, 0.25) is 0 Å². The van der Waals surface area contributed by atoms with Crippen molar-refractivity contribution < 1.29 is 18.0 Å². The molecule has 1 aromatic carbocycles. The van der Waals surface area contributed by atoms with E-state index in [1.807, 2.05) is 0 Å². The number of hydrogen-bond donors (Lipinski definition) is 1. The van der Waals surface area contributed by atoms with Crippen LogP contribution in [0, 0.1) is 0 Å². The highest BCUT2D eigenvalue weighted by atomic mass is 79.9. The number of halogens is 4. The van der Waals surface area contributed by atoms with E-state index in [2.05, 4.69) is 15.9 Å². The van der Waals surface area contributed by atoms with Gasteiger partial charge >= 0.3 is 6.18 Å². The number of rotatable bonds is 2. The maximum Gasteiger partial charge on any atom is 0.416 e. The highest BCUT2D eigenvalue weighted by Gasteiger charge is 2.33. The van der Waals surface area contributed by atoms with Crippen LogP contribution in [-0.2, 0) is 17.4 Å². The molecule has 0 fully saturated rings. The summed E-state index contributed by atoms with van der Waals surface area (Å²) in [5.41, 5.74) is 3.91. The number of amides is 1. The molecule has 2 N–H and O–H groups in total. The molecule has 0 heterocycles. The van der Waals surface area contributed by atoms with E-state index in [9.17, 15) is 18.0 Å². The molecule has 82 valence electrons. The highest BCUT2D eigenvalue weighted by Crippen LogP contribution is 2.33. The summed E-state index contributed by atoms with van der Waals surface area (Å²) in [6.45, 7) is 0. The fourth-order valence-electron chi connectivity index (χ4n) is 1.15. The van der Waals surface area contributed by atoms with Crippen molar-refractivity contribution in [2.75, 3.05) is 0 Å². The number of primary amides is 1. The fourth-order valence-corrected chi connectivity index (χ4v) is 1.52. The van der Waals surface area contributed by atoms with Gasteiger partial charge in [-0.3, -0.25) is 4.79 Å². The second-order valence-corrected chi connectivity index (χ2v) is 3.86. The number of carbonyl (C=O) groups excluding carboxylic acids is 1. The second kappa shape index (κ2) is 4.22. The molecule has 2 nitrogen and oxygen atoms in total. The molecule has 6 heteroatoms. The number of benzene rings is 1. The molecule has 15 heavy (non-hydrogen) atoms. The van der Waals surface area contributed by atoms with Crippen molar-refractivity contribution in [2.45, 2.75) is 12.6 Å². The van der Waals surface area contributed by atoms with Gasteiger partial charge in [-0.2, -0.15) is 13.2 Å². The number of alkyl halides is 3. The Bertz CT molecular complexity index is 389. The Morgan fingerprint density at radius 1 is 1.40 bits per heavy atom. The van der Waals surface area contributed by atoms with Gasteiger partial charge in [0.05, 0.1) is 12.0 Å². The van der Waals surface area contributed by atoms with Gasteiger partial charge in [0.25, 0.3) is 0 Å². The summed E-state index contributed by atoms with van der Waals surface area (Å²) in [5, 5.41) is 0. The SMILES string of the molecule is NC(=O)Cc1ccc(Br)cc1C(F)(F)F. The van der Waals surface area contributed by atoms with Gasteiger partial charge in [0.15, 0.2) is 0 Å². The van der Waals surface area contributed by atoms with Crippen LogP contribution in [0.4, 0.5) is 13.2 Å². The van der Waals surface area contributed by atoms with Gasteiger partial charge in [0, 0.05) is 4.47 Å². The Morgan fingerprint density at radius 2 is 2.00 bits per heavy atom. The minimum atomic E-state index is -4.48. The Hall–Kier alpha value is -1.04. The average molecular weight is 282 g/mol. The summed E-state index contributed by atoms with van der Waals surface area (Å²) >= 11 is 2.94. The highest BCUT2D eigenvalue weighted by molar-refractivity contribution is 9.10. The van der Waals surface area contributed by atoms with Crippen molar-refractivity contribution in [1.82, 2.24) is 0 Å². The minimum absolute atomic E-state index is 0.113. The van der Waals surface area contributed by atoms with E-state index < -0.39 is 24.1 Å². The molecular weight excluding hydrogens is 275 g/mol. The summed E-state index contributed by atoms with van der Waals surface area (Å²) in [4.78, 5) is 10.6. The third kappa shape index (κ3) is 3.23. The molecule has 0 aliphatic carbocycles. The van der Waals surface area contributed by atoms with Gasteiger partial charge in [-0.25, -0.2) is 0 Å². The van der Waals surface area contributed by atoms with Gasteiger partial charge in [0.2, 0.25) is 5.91 Å². The van der Waals surface area contributed by atoms with Crippen LogP contribution in [0.3, 0.4) is 0 Å². The van der Waals surface area contributed by atoms with E-state index in [0.717, 1.165) is 6.07 Å². The third-order valence-corrected chi connectivity index (χ3v) is 2.24. The molecular formula is C9H7BrF3NO. The lowest BCUT2D eigenvalue weighted by Gasteiger charge is -2.11.